The maximum absolute atomic E-state index is 11.3. The smallest absolute Gasteiger partial charge is 0.407 e. The number of alkyl carbamates (subject to hydrolysis) is 1. The van der Waals surface area contributed by atoms with Gasteiger partial charge in [-0.05, 0) is 33.6 Å². The number of nitrogens with two attached hydrogens (primary N) is 1. The Labute approximate surface area is 120 Å². The summed E-state index contributed by atoms with van der Waals surface area (Å²) >= 11 is 0. The Morgan fingerprint density at radius 3 is 2.37 bits per heavy atom. The Balaban J connectivity index is 0. The fourth-order valence-electron chi connectivity index (χ4n) is 1.36. The van der Waals surface area contributed by atoms with E-state index in [4.69, 9.17) is 15.6 Å². The molecule has 0 bridgehead atoms. The monoisotopic (exact) mass is 296 g/mol. The summed E-state index contributed by atoms with van der Waals surface area (Å²) in [5, 5.41) is 11.1. The van der Waals surface area contributed by atoms with Crippen LogP contribution in [0.15, 0.2) is 0 Å². The highest BCUT2D eigenvalue weighted by molar-refractivity contribution is 5.85. The Morgan fingerprint density at radius 2 is 1.89 bits per heavy atom. The van der Waals surface area contributed by atoms with Crippen LogP contribution in [0.3, 0.4) is 0 Å². The minimum absolute atomic E-state index is 0. The van der Waals surface area contributed by atoms with Crippen molar-refractivity contribution >= 4 is 24.5 Å². The fraction of sp³-hybridized carbons (Fsp3) is 0.833. The Hall–Kier alpha value is -1.01. The van der Waals surface area contributed by atoms with Gasteiger partial charge in [0, 0.05) is 12.6 Å². The van der Waals surface area contributed by atoms with Crippen molar-refractivity contribution in [3.05, 3.63) is 0 Å². The minimum Gasteiger partial charge on any atom is -0.481 e. The van der Waals surface area contributed by atoms with Crippen molar-refractivity contribution in [2.24, 2.45) is 5.73 Å². The van der Waals surface area contributed by atoms with E-state index in [-0.39, 0.29) is 24.9 Å². The lowest BCUT2D eigenvalue weighted by Crippen LogP contribution is -2.33. The maximum atomic E-state index is 11.3. The lowest BCUT2D eigenvalue weighted by Gasteiger charge is -2.19. The molecule has 0 unspecified atom stereocenters. The van der Waals surface area contributed by atoms with Crippen LogP contribution in [-0.2, 0) is 9.53 Å². The summed E-state index contributed by atoms with van der Waals surface area (Å²) in [6.45, 7) is 5.92. The van der Waals surface area contributed by atoms with E-state index in [1.165, 1.54) is 0 Å². The van der Waals surface area contributed by atoms with Crippen LogP contribution in [0.2, 0.25) is 0 Å². The van der Waals surface area contributed by atoms with E-state index in [9.17, 15) is 9.59 Å². The van der Waals surface area contributed by atoms with Gasteiger partial charge in [0.25, 0.3) is 0 Å². The normalized spacial score (nSPS) is 12.2. The average molecular weight is 297 g/mol. The number of ether oxygens (including phenoxy) is 1. The van der Waals surface area contributed by atoms with Crippen molar-refractivity contribution < 1.29 is 19.4 Å². The standard InChI is InChI=1S/C12H24N2O4.ClH/c1-12(2,3)18-11(17)14-7-5-4-6-9(13)8-10(15)16;/h9H,4-8,13H2,1-3H3,(H,14,17)(H,15,16);1H/t9-;/m0./s1. The van der Waals surface area contributed by atoms with Gasteiger partial charge in [-0.25, -0.2) is 4.79 Å². The molecule has 114 valence electrons. The van der Waals surface area contributed by atoms with Gasteiger partial charge in [0.05, 0.1) is 6.42 Å². The highest BCUT2D eigenvalue weighted by atomic mass is 35.5. The number of halogens is 1. The summed E-state index contributed by atoms with van der Waals surface area (Å²) in [6, 6.07) is -0.316. The third kappa shape index (κ3) is 14.9. The van der Waals surface area contributed by atoms with Crippen LogP contribution in [0.5, 0.6) is 0 Å². The van der Waals surface area contributed by atoms with Crippen LogP contribution in [0.25, 0.3) is 0 Å². The third-order valence-corrected chi connectivity index (χ3v) is 2.11. The number of nitrogens with one attached hydrogen (secondary N) is 1. The first-order valence-electron chi connectivity index (χ1n) is 6.15. The topological polar surface area (TPSA) is 102 Å². The summed E-state index contributed by atoms with van der Waals surface area (Å²) < 4.78 is 5.07. The van der Waals surface area contributed by atoms with Gasteiger partial charge in [-0.3, -0.25) is 4.79 Å². The molecule has 0 aromatic rings. The lowest BCUT2D eigenvalue weighted by atomic mass is 10.1. The molecule has 1 amide bonds. The molecule has 0 heterocycles. The first-order chi connectivity index (χ1) is 8.20. The molecule has 0 fully saturated rings. The largest absolute Gasteiger partial charge is 0.481 e. The van der Waals surface area contributed by atoms with Gasteiger partial charge in [-0.1, -0.05) is 6.42 Å². The van der Waals surface area contributed by atoms with Crippen LogP contribution in [0.1, 0.15) is 46.5 Å². The molecule has 1 atom stereocenters. The van der Waals surface area contributed by atoms with Crippen LogP contribution in [0, 0.1) is 0 Å². The lowest BCUT2D eigenvalue weighted by molar-refractivity contribution is -0.137. The highest BCUT2D eigenvalue weighted by Crippen LogP contribution is 2.06. The number of rotatable bonds is 7. The second kappa shape index (κ2) is 9.86. The number of unbranched alkanes of at least 4 members (excludes halogenated alkanes) is 1. The van der Waals surface area contributed by atoms with Gasteiger partial charge in [-0.15, -0.1) is 12.4 Å². The minimum atomic E-state index is -0.880. The Bertz CT molecular complexity index is 279. The van der Waals surface area contributed by atoms with Gasteiger partial charge < -0.3 is 20.9 Å². The Morgan fingerprint density at radius 1 is 1.32 bits per heavy atom. The third-order valence-electron chi connectivity index (χ3n) is 2.11. The summed E-state index contributed by atoms with van der Waals surface area (Å²) in [5.74, 6) is -0.880. The number of carbonyl (C=O) groups excluding carboxylic acids is 1. The second-order valence-electron chi connectivity index (χ2n) is 5.28. The zero-order chi connectivity index (χ0) is 14.2. The number of carboxylic acids is 1. The highest BCUT2D eigenvalue weighted by Gasteiger charge is 2.15. The van der Waals surface area contributed by atoms with Crippen LogP contribution < -0.4 is 11.1 Å². The van der Waals surface area contributed by atoms with Crippen LogP contribution >= 0.6 is 12.4 Å². The molecule has 0 aliphatic heterocycles. The molecule has 0 rings (SSSR count). The summed E-state index contributed by atoms with van der Waals surface area (Å²) in [4.78, 5) is 21.6. The van der Waals surface area contributed by atoms with Gasteiger partial charge >= 0.3 is 12.1 Å². The van der Waals surface area contributed by atoms with E-state index < -0.39 is 17.7 Å². The van der Waals surface area contributed by atoms with Gasteiger partial charge in [0.15, 0.2) is 0 Å². The molecule has 0 aliphatic rings. The molecule has 0 spiro atoms. The molecule has 0 aromatic carbocycles. The van der Waals surface area contributed by atoms with E-state index in [2.05, 4.69) is 5.32 Å². The first-order valence-corrected chi connectivity index (χ1v) is 6.15. The first kappa shape index (κ1) is 20.3. The predicted octanol–water partition coefficient (Wildman–Crippen LogP) is 1.91. The van der Waals surface area contributed by atoms with Crippen molar-refractivity contribution in [1.82, 2.24) is 5.32 Å². The molecule has 4 N–H and O–H groups in total. The zero-order valence-electron chi connectivity index (χ0n) is 11.8. The van der Waals surface area contributed by atoms with E-state index in [0.29, 0.717) is 13.0 Å². The van der Waals surface area contributed by atoms with E-state index in [0.717, 1.165) is 12.8 Å². The molecule has 0 aromatic heterocycles. The summed E-state index contributed by atoms with van der Waals surface area (Å²) in [5.41, 5.74) is 5.11. The van der Waals surface area contributed by atoms with Crippen LogP contribution in [0.4, 0.5) is 4.79 Å². The molecule has 0 radical (unpaired) electrons. The fourth-order valence-corrected chi connectivity index (χ4v) is 1.36. The molecule has 0 saturated carbocycles. The average Bonchev–Trinajstić information content (AvgIpc) is 2.12. The SMILES string of the molecule is CC(C)(C)OC(=O)NCCCC[C@H](N)CC(=O)O.Cl. The van der Waals surface area contributed by atoms with Gasteiger partial charge in [-0.2, -0.15) is 0 Å². The number of carbonyl (C=O) groups is 2. The molecule has 0 aliphatic carbocycles. The zero-order valence-corrected chi connectivity index (χ0v) is 12.6. The maximum Gasteiger partial charge on any atom is 0.407 e. The molecule has 0 saturated heterocycles. The van der Waals surface area contributed by atoms with Crippen molar-refractivity contribution in [2.75, 3.05) is 6.54 Å². The van der Waals surface area contributed by atoms with Gasteiger partial charge in [0.2, 0.25) is 0 Å². The van der Waals surface area contributed by atoms with Crippen molar-refractivity contribution in [1.29, 1.82) is 0 Å². The van der Waals surface area contributed by atoms with E-state index in [1.807, 2.05) is 0 Å². The molecule has 19 heavy (non-hydrogen) atoms. The van der Waals surface area contributed by atoms with Crippen molar-refractivity contribution in [2.45, 2.75) is 58.1 Å². The Kier molecular flexibility index (Phi) is 10.5. The number of carboxylic acid groups (broad SMARTS) is 1. The second-order valence-corrected chi connectivity index (χ2v) is 5.28. The quantitative estimate of drug-likeness (QED) is 0.623. The molecular weight excluding hydrogens is 272 g/mol. The number of hydrogen-bond donors (Lipinski definition) is 3. The predicted molar refractivity (Wildman–Crippen MR) is 75.6 cm³/mol. The van der Waals surface area contributed by atoms with Crippen molar-refractivity contribution in [3.63, 3.8) is 0 Å². The van der Waals surface area contributed by atoms with Crippen molar-refractivity contribution in [3.8, 4) is 0 Å². The molecule has 7 heteroatoms. The molecular formula is C12H25ClN2O4. The number of aliphatic carboxylic acids is 1. The van der Waals surface area contributed by atoms with E-state index >= 15 is 0 Å². The number of hydrogen-bond acceptors (Lipinski definition) is 4. The summed E-state index contributed by atoms with van der Waals surface area (Å²) in [7, 11) is 0. The van der Waals surface area contributed by atoms with Crippen LogP contribution in [-0.4, -0.2) is 35.4 Å². The number of amides is 1. The summed E-state index contributed by atoms with van der Waals surface area (Å²) in [6.07, 6.45) is 1.73. The molecule has 6 nitrogen and oxygen atoms in total. The van der Waals surface area contributed by atoms with E-state index in [1.54, 1.807) is 20.8 Å². The van der Waals surface area contributed by atoms with Gasteiger partial charge in [0.1, 0.15) is 5.60 Å².